The topological polar surface area (TPSA) is 58.6 Å². The number of nitrogens with zero attached hydrogens (tertiary/aromatic N) is 1. The first-order chi connectivity index (χ1) is 13.3. The second kappa shape index (κ2) is 8.44. The number of carbonyl (C=O) groups excluding carboxylic acids is 2. The van der Waals surface area contributed by atoms with E-state index >= 15 is 0 Å². The van der Waals surface area contributed by atoms with Gasteiger partial charge in [-0.3, -0.25) is 9.59 Å². The normalized spacial score (nSPS) is 30.4. The molecule has 3 rings (SSSR count). The lowest BCUT2D eigenvalue weighted by Crippen LogP contribution is -2.57. The van der Waals surface area contributed by atoms with Gasteiger partial charge in [0.05, 0.1) is 13.7 Å². The van der Waals surface area contributed by atoms with Gasteiger partial charge in [0, 0.05) is 22.5 Å². The lowest BCUT2D eigenvalue weighted by Gasteiger charge is -2.39. The Bertz CT molecular complexity index is 753. The van der Waals surface area contributed by atoms with E-state index in [2.05, 4.69) is 35.1 Å². The van der Waals surface area contributed by atoms with Crippen LogP contribution in [0.25, 0.3) is 0 Å². The Labute approximate surface area is 176 Å². The molecule has 1 aromatic carbocycles. The van der Waals surface area contributed by atoms with Crippen molar-refractivity contribution in [3.63, 3.8) is 0 Å². The Morgan fingerprint density at radius 2 is 2.11 bits per heavy atom. The summed E-state index contributed by atoms with van der Waals surface area (Å²) in [6.07, 6.45) is 4.32. The fraction of sp³-hybridized carbons (Fsp3) is 0.636. The van der Waals surface area contributed by atoms with E-state index in [1.807, 2.05) is 25.1 Å². The maximum absolute atomic E-state index is 13.3. The quantitative estimate of drug-likeness (QED) is 0.727. The molecule has 2 amide bonds. The summed E-state index contributed by atoms with van der Waals surface area (Å²) in [7, 11) is 1.62. The number of amides is 2. The minimum Gasteiger partial charge on any atom is -0.496 e. The predicted molar refractivity (Wildman–Crippen MR) is 113 cm³/mol. The first-order valence-electron chi connectivity index (χ1n) is 10.2. The van der Waals surface area contributed by atoms with E-state index in [1.165, 1.54) is 6.42 Å². The highest BCUT2D eigenvalue weighted by atomic mass is 79.9. The molecule has 1 heterocycles. The van der Waals surface area contributed by atoms with Crippen molar-refractivity contribution in [1.82, 2.24) is 10.2 Å². The molecule has 0 spiro atoms. The highest BCUT2D eigenvalue weighted by molar-refractivity contribution is 9.10. The molecule has 0 radical (unpaired) electrons. The van der Waals surface area contributed by atoms with Crippen LogP contribution in [0.2, 0.25) is 0 Å². The van der Waals surface area contributed by atoms with Crippen molar-refractivity contribution in [2.45, 2.75) is 71.0 Å². The number of hydrogen-bond acceptors (Lipinski definition) is 3. The summed E-state index contributed by atoms with van der Waals surface area (Å²) in [5.41, 5.74) is 0.0657. The van der Waals surface area contributed by atoms with E-state index in [9.17, 15) is 9.59 Å². The first kappa shape index (κ1) is 21.2. The lowest BCUT2D eigenvalue weighted by molar-refractivity contribution is -0.142. The largest absolute Gasteiger partial charge is 0.496 e. The van der Waals surface area contributed by atoms with E-state index < -0.39 is 5.54 Å². The summed E-state index contributed by atoms with van der Waals surface area (Å²) in [6, 6.07) is 5.92. The van der Waals surface area contributed by atoms with Crippen molar-refractivity contribution in [2.75, 3.05) is 7.11 Å². The zero-order valence-electron chi connectivity index (χ0n) is 17.3. The van der Waals surface area contributed by atoms with E-state index in [1.54, 1.807) is 12.0 Å². The van der Waals surface area contributed by atoms with Crippen LogP contribution in [0.15, 0.2) is 22.7 Å². The van der Waals surface area contributed by atoms with Gasteiger partial charge in [0.1, 0.15) is 11.3 Å². The van der Waals surface area contributed by atoms with Crippen LogP contribution in [-0.2, 0) is 16.1 Å². The molecule has 1 saturated heterocycles. The monoisotopic (exact) mass is 450 g/mol. The van der Waals surface area contributed by atoms with E-state index in [0.29, 0.717) is 31.2 Å². The van der Waals surface area contributed by atoms with E-state index in [0.717, 1.165) is 28.6 Å². The number of likely N-dealkylation sites (tertiary alicyclic amines) is 1. The molecule has 4 atom stereocenters. The van der Waals surface area contributed by atoms with Crippen molar-refractivity contribution < 1.29 is 14.3 Å². The molecule has 6 heteroatoms. The Balaban J connectivity index is 1.80. The highest BCUT2D eigenvalue weighted by Crippen LogP contribution is 2.36. The minimum atomic E-state index is -0.829. The van der Waals surface area contributed by atoms with Crippen molar-refractivity contribution in [3.8, 4) is 5.75 Å². The fourth-order valence-electron chi connectivity index (χ4n) is 4.54. The number of benzene rings is 1. The van der Waals surface area contributed by atoms with Crippen LogP contribution in [0.3, 0.4) is 0 Å². The molecule has 0 bridgehead atoms. The molecule has 1 N–H and O–H groups in total. The zero-order chi connectivity index (χ0) is 20.5. The summed E-state index contributed by atoms with van der Waals surface area (Å²) in [4.78, 5) is 27.7. The van der Waals surface area contributed by atoms with Gasteiger partial charge in [0.15, 0.2) is 0 Å². The summed E-state index contributed by atoms with van der Waals surface area (Å²) < 4.78 is 6.38. The molecule has 2 aliphatic rings. The maximum atomic E-state index is 13.3. The predicted octanol–water partition coefficient (Wildman–Crippen LogP) is 4.28. The van der Waals surface area contributed by atoms with Gasteiger partial charge in [0.25, 0.3) is 0 Å². The molecule has 1 aromatic rings. The van der Waals surface area contributed by atoms with Gasteiger partial charge in [-0.15, -0.1) is 0 Å². The molecule has 5 nitrogen and oxygen atoms in total. The molecular formula is C22H31BrN2O3. The minimum absolute atomic E-state index is 0.0183. The zero-order valence-corrected chi connectivity index (χ0v) is 18.8. The number of rotatable bonds is 5. The Kier molecular flexibility index (Phi) is 6.37. The molecule has 28 heavy (non-hydrogen) atoms. The third-order valence-corrected chi connectivity index (χ3v) is 7.30. The summed E-state index contributed by atoms with van der Waals surface area (Å²) >= 11 is 3.49. The molecule has 1 saturated carbocycles. The second-order valence-electron chi connectivity index (χ2n) is 8.56. The van der Waals surface area contributed by atoms with Gasteiger partial charge in [0.2, 0.25) is 11.8 Å². The van der Waals surface area contributed by atoms with Gasteiger partial charge in [-0.2, -0.15) is 0 Å². The van der Waals surface area contributed by atoms with Crippen LogP contribution >= 0.6 is 15.9 Å². The average Bonchev–Trinajstić information content (AvgIpc) is 2.95. The average molecular weight is 451 g/mol. The van der Waals surface area contributed by atoms with Crippen molar-refractivity contribution >= 4 is 27.7 Å². The summed E-state index contributed by atoms with van der Waals surface area (Å²) in [5, 5.41) is 3.28. The lowest BCUT2D eigenvalue weighted by atomic mass is 9.77. The van der Waals surface area contributed by atoms with Crippen LogP contribution < -0.4 is 10.1 Å². The van der Waals surface area contributed by atoms with E-state index in [4.69, 9.17) is 4.74 Å². The van der Waals surface area contributed by atoms with Gasteiger partial charge in [-0.25, -0.2) is 0 Å². The third-order valence-electron chi connectivity index (χ3n) is 6.81. The SMILES string of the molecule is COc1ccc(Br)cc1CN1C(=O)CCC1(C)C(=O)NC1CCCC(C)C1C. The number of halogens is 1. The highest BCUT2D eigenvalue weighted by Gasteiger charge is 2.48. The number of methoxy groups -OCH3 is 1. The maximum Gasteiger partial charge on any atom is 0.245 e. The molecule has 154 valence electrons. The standard InChI is InChI=1S/C22H31BrN2O3/c1-14-6-5-7-18(15(14)2)24-21(27)22(3)11-10-20(26)25(22)13-16-12-17(23)8-9-19(16)28-4/h8-9,12,14-15,18H,5-7,10-11,13H2,1-4H3,(H,24,27). The van der Waals surface area contributed by atoms with Gasteiger partial charge in [-0.05, 0) is 49.8 Å². The number of carbonyl (C=O) groups is 2. The van der Waals surface area contributed by atoms with Gasteiger partial charge >= 0.3 is 0 Å². The molecule has 0 aromatic heterocycles. The number of hydrogen-bond donors (Lipinski definition) is 1. The Morgan fingerprint density at radius 1 is 1.36 bits per heavy atom. The summed E-state index contributed by atoms with van der Waals surface area (Å²) in [5.74, 6) is 1.78. The summed E-state index contributed by atoms with van der Waals surface area (Å²) in [6.45, 7) is 6.74. The fourth-order valence-corrected chi connectivity index (χ4v) is 4.95. The van der Waals surface area contributed by atoms with Gasteiger partial charge in [-0.1, -0.05) is 42.6 Å². The van der Waals surface area contributed by atoms with Crippen LogP contribution in [0.5, 0.6) is 5.75 Å². The van der Waals surface area contributed by atoms with Crippen LogP contribution in [0.4, 0.5) is 0 Å². The third kappa shape index (κ3) is 4.07. The Hall–Kier alpha value is -1.56. The Morgan fingerprint density at radius 3 is 2.82 bits per heavy atom. The van der Waals surface area contributed by atoms with Crippen molar-refractivity contribution in [1.29, 1.82) is 0 Å². The number of ether oxygens (including phenoxy) is 1. The molecule has 1 aliphatic carbocycles. The van der Waals surface area contributed by atoms with Gasteiger partial charge < -0.3 is 15.0 Å². The van der Waals surface area contributed by atoms with E-state index in [-0.39, 0.29) is 17.9 Å². The molecular weight excluding hydrogens is 420 g/mol. The molecule has 1 aliphatic heterocycles. The smallest absolute Gasteiger partial charge is 0.245 e. The van der Waals surface area contributed by atoms with Crippen LogP contribution in [0.1, 0.15) is 58.4 Å². The second-order valence-corrected chi connectivity index (χ2v) is 9.47. The van der Waals surface area contributed by atoms with Crippen LogP contribution in [0, 0.1) is 11.8 Å². The van der Waals surface area contributed by atoms with Crippen LogP contribution in [-0.4, -0.2) is 35.4 Å². The van der Waals surface area contributed by atoms with Crippen molar-refractivity contribution in [2.24, 2.45) is 11.8 Å². The molecule has 2 fully saturated rings. The number of nitrogens with one attached hydrogen (secondary N) is 1. The molecule has 4 unspecified atom stereocenters. The van der Waals surface area contributed by atoms with Crippen molar-refractivity contribution in [3.05, 3.63) is 28.2 Å². The first-order valence-corrected chi connectivity index (χ1v) is 11.0.